The number of aliphatic hydroxyl groups excluding tert-OH is 1. The summed E-state index contributed by atoms with van der Waals surface area (Å²) in [5.41, 5.74) is 1.12. The zero-order chi connectivity index (χ0) is 11.0. The SMILES string of the molecule is O=[N+]([O-])c1ccc2[nH]c(CO)c(Cl)c2c1. The molecule has 1 aromatic heterocycles. The molecule has 0 aliphatic carbocycles. The average molecular weight is 227 g/mol. The van der Waals surface area contributed by atoms with Gasteiger partial charge in [-0.25, -0.2) is 0 Å². The molecule has 0 radical (unpaired) electrons. The largest absolute Gasteiger partial charge is 0.390 e. The standard InChI is InChI=1S/C9H7ClN2O3/c10-9-6-3-5(12(14)15)1-2-7(6)11-8(9)4-13/h1-3,11,13H,4H2. The van der Waals surface area contributed by atoms with Crippen molar-refractivity contribution in [1.82, 2.24) is 4.98 Å². The minimum atomic E-state index is -0.485. The van der Waals surface area contributed by atoms with E-state index in [1.54, 1.807) is 6.07 Å². The van der Waals surface area contributed by atoms with Crippen LogP contribution < -0.4 is 0 Å². The Morgan fingerprint density at radius 1 is 1.53 bits per heavy atom. The first-order chi connectivity index (χ1) is 7.13. The number of non-ortho nitro benzene ring substituents is 1. The van der Waals surface area contributed by atoms with Crippen LogP contribution >= 0.6 is 11.6 Å². The lowest BCUT2D eigenvalue weighted by atomic mass is 10.2. The molecule has 0 aliphatic rings. The maximum atomic E-state index is 10.5. The van der Waals surface area contributed by atoms with Crippen molar-refractivity contribution in [2.45, 2.75) is 6.61 Å². The third-order valence-electron chi connectivity index (χ3n) is 2.16. The van der Waals surface area contributed by atoms with Crippen LogP contribution in [0.15, 0.2) is 18.2 Å². The third-order valence-corrected chi connectivity index (χ3v) is 2.59. The van der Waals surface area contributed by atoms with E-state index in [4.69, 9.17) is 16.7 Å². The van der Waals surface area contributed by atoms with Gasteiger partial charge in [-0.15, -0.1) is 0 Å². The van der Waals surface area contributed by atoms with Crippen LogP contribution in [0, 0.1) is 10.1 Å². The lowest BCUT2D eigenvalue weighted by Crippen LogP contribution is -1.86. The molecule has 0 saturated carbocycles. The first-order valence-electron chi connectivity index (χ1n) is 4.19. The van der Waals surface area contributed by atoms with Crippen LogP contribution in [0.3, 0.4) is 0 Å². The minimum absolute atomic E-state index is 0.0205. The van der Waals surface area contributed by atoms with E-state index < -0.39 is 4.92 Å². The molecular weight excluding hydrogens is 220 g/mol. The van der Waals surface area contributed by atoms with E-state index in [1.807, 2.05) is 0 Å². The highest BCUT2D eigenvalue weighted by Crippen LogP contribution is 2.30. The first kappa shape index (κ1) is 9.95. The molecule has 0 amide bonds. The highest BCUT2D eigenvalue weighted by Gasteiger charge is 2.12. The van der Waals surface area contributed by atoms with Gasteiger partial charge < -0.3 is 10.1 Å². The van der Waals surface area contributed by atoms with Crippen molar-refractivity contribution in [1.29, 1.82) is 0 Å². The zero-order valence-electron chi connectivity index (χ0n) is 7.53. The number of rotatable bonds is 2. The second-order valence-electron chi connectivity index (χ2n) is 3.06. The minimum Gasteiger partial charge on any atom is -0.390 e. The number of benzene rings is 1. The van der Waals surface area contributed by atoms with Crippen LogP contribution in [0.5, 0.6) is 0 Å². The van der Waals surface area contributed by atoms with Gasteiger partial charge in [-0.05, 0) is 6.07 Å². The summed E-state index contributed by atoms with van der Waals surface area (Å²) in [4.78, 5) is 12.9. The van der Waals surface area contributed by atoms with E-state index in [9.17, 15) is 10.1 Å². The lowest BCUT2D eigenvalue weighted by Gasteiger charge is -1.91. The topological polar surface area (TPSA) is 79.2 Å². The maximum absolute atomic E-state index is 10.5. The number of aromatic amines is 1. The summed E-state index contributed by atoms with van der Waals surface area (Å²) in [6.07, 6.45) is 0. The maximum Gasteiger partial charge on any atom is 0.270 e. The van der Waals surface area contributed by atoms with Crippen molar-refractivity contribution in [2.75, 3.05) is 0 Å². The molecule has 1 heterocycles. The predicted molar refractivity (Wildman–Crippen MR) is 55.9 cm³/mol. The fraction of sp³-hybridized carbons (Fsp3) is 0.111. The molecule has 1 aromatic carbocycles. The molecule has 2 N–H and O–H groups in total. The molecule has 2 aromatic rings. The summed E-state index contributed by atoms with van der Waals surface area (Å²) in [5, 5.41) is 20.4. The molecule has 5 nitrogen and oxygen atoms in total. The van der Waals surface area contributed by atoms with E-state index in [-0.39, 0.29) is 12.3 Å². The van der Waals surface area contributed by atoms with Gasteiger partial charge in [0.2, 0.25) is 0 Å². The number of hydrogen-bond acceptors (Lipinski definition) is 3. The van der Waals surface area contributed by atoms with Gasteiger partial charge in [0.1, 0.15) is 0 Å². The van der Waals surface area contributed by atoms with E-state index >= 15 is 0 Å². The van der Waals surface area contributed by atoms with Gasteiger partial charge in [-0.2, -0.15) is 0 Å². The van der Waals surface area contributed by atoms with Gasteiger partial charge >= 0.3 is 0 Å². The van der Waals surface area contributed by atoms with Crippen molar-refractivity contribution >= 4 is 28.2 Å². The number of fused-ring (bicyclic) bond motifs is 1. The summed E-state index contributed by atoms with van der Waals surface area (Å²) in [5.74, 6) is 0. The summed E-state index contributed by atoms with van der Waals surface area (Å²) in [6, 6.07) is 4.34. The number of aromatic nitrogens is 1. The number of H-pyrrole nitrogens is 1. The molecular formula is C9H7ClN2O3. The smallest absolute Gasteiger partial charge is 0.270 e. The molecule has 0 atom stereocenters. The van der Waals surface area contributed by atoms with Crippen LogP contribution in [-0.4, -0.2) is 15.0 Å². The number of halogens is 1. The van der Waals surface area contributed by atoms with Crippen molar-refractivity contribution < 1.29 is 10.0 Å². The third kappa shape index (κ3) is 1.55. The Hall–Kier alpha value is -1.59. The molecule has 0 saturated heterocycles. The number of aliphatic hydroxyl groups is 1. The first-order valence-corrected chi connectivity index (χ1v) is 4.56. The van der Waals surface area contributed by atoms with Gasteiger partial charge in [0, 0.05) is 23.0 Å². The number of hydrogen-bond donors (Lipinski definition) is 2. The van der Waals surface area contributed by atoms with E-state index in [1.165, 1.54) is 12.1 Å². The van der Waals surface area contributed by atoms with Crippen molar-refractivity contribution in [3.05, 3.63) is 39.0 Å². The molecule has 2 rings (SSSR count). The van der Waals surface area contributed by atoms with Crippen LogP contribution in [0.25, 0.3) is 10.9 Å². The summed E-state index contributed by atoms with van der Waals surface area (Å²) in [6.45, 7) is -0.221. The normalized spacial score (nSPS) is 10.8. The molecule has 0 unspecified atom stereocenters. The summed E-state index contributed by atoms with van der Waals surface area (Å²) in [7, 11) is 0. The number of nitrogens with one attached hydrogen (secondary N) is 1. The van der Waals surface area contributed by atoms with Gasteiger partial charge in [0.05, 0.1) is 22.2 Å². The van der Waals surface area contributed by atoms with Crippen LogP contribution in [0.4, 0.5) is 5.69 Å². The fourth-order valence-electron chi connectivity index (χ4n) is 1.43. The lowest BCUT2D eigenvalue weighted by molar-refractivity contribution is -0.384. The Morgan fingerprint density at radius 3 is 2.87 bits per heavy atom. The predicted octanol–water partition coefficient (Wildman–Crippen LogP) is 2.22. The average Bonchev–Trinajstić information content (AvgIpc) is 2.55. The van der Waals surface area contributed by atoms with Crippen LogP contribution in [-0.2, 0) is 6.61 Å². The second kappa shape index (κ2) is 3.52. The molecule has 15 heavy (non-hydrogen) atoms. The molecule has 0 aliphatic heterocycles. The molecule has 0 bridgehead atoms. The van der Waals surface area contributed by atoms with Gasteiger partial charge in [-0.3, -0.25) is 10.1 Å². The summed E-state index contributed by atoms with van der Waals surface area (Å²) < 4.78 is 0. The number of nitro benzene ring substituents is 1. The molecule has 0 fully saturated rings. The van der Waals surface area contributed by atoms with Crippen molar-refractivity contribution in [3.8, 4) is 0 Å². The Kier molecular flexibility index (Phi) is 2.34. The number of nitrogens with zero attached hydrogens (tertiary/aromatic N) is 1. The Morgan fingerprint density at radius 2 is 2.27 bits per heavy atom. The molecule has 0 spiro atoms. The Labute approximate surface area is 89.4 Å². The second-order valence-corrected chi connectivity index (χ2v) is 3.44. The highest BCUT2D eigenvalue weighted by molar-refractivity contribution is 6.36. The zero-order valence-corrected chi connectivity index (χ0v) is 8.28. The quantitative estimate of drug-likeness (QED) is 0.609. The van der Waals surface area contributed by atoms with E-state index in [0.29, 0.717) is 21.6 Å². The van der Waals surface area contributed by atoms with Gasteiger partial charge in [-0.1, -0.05) is 11.6 Å². The van der Waals surface area contributed by atoms with Crippen molar-refractivity contribution in [3.63, 3.8) is 0 Å². The van der Waals surface area contributed by atoms with Gasteiger partial charge in [0.15, 0.2) is 0 Å². The van der Waals surface area contributed by atoms with Gasteiger partial charge in [0.25, 0.3) is 5.69 Å². The molecule has 78 valence electrons. The van der Waals surface area contributed by atoms with E-state index in [0.717, 1.165) is 0 Å². The van der Waals surface area contributed by atoms with Crippen molar-refractivity contribution in [2.24, 2.45) is 0 Å². The highest BCUT2D eigenvalue weighted by atomic mass is 35.5. The van der Waals surface area contributed by atoms with Crippen LogP contribution in [0.1, 0.15) is 5.69 Å². The summed E-state index contributed by atoms with van der Waals surface area (Å²) >= 11 is 5.92. The monoisotopic (exact) mass is 226 g/mol. The van der Waals surface area contributed by atoms with E-state index in [2.05, 4.69) is 4.98 Å². The number of nitro groups is 1. The Balaban J connectivity index is 2.70. The Bertz CT molecular complexity index is 535. The van der Waals surface area contributed by atoms with Crippen LogP contribution in [0.2, 0.25) is 5.02 Å². The fourth-order valence-corrected chi connectivity index (χ4v) is 1.69. The molecule has 6 heteroatoms.